The van der Waals surface area contributed by atoms with E-state index < -0.39 is 0 Å². The van der Waals surface area contributed by atoms with Gasteiger partial charge in [-0.15, -0.1) is 0 Å². The molecule has 0 aliphatic rings. The number of halogens is 1. The van der Waals surface area contributed by atoms with E-state index in [0.29, 0.717) is 0 Å². The second-order valence-electron chi connectivity index (χ2n) is 4.61. The summed E-state index contributed by atoms with van der Waals surface area (Å²) in [5.41, 5.74) is 8.10. The zero-order valence-electron chi connectivity index (χ0n) is 12.1. The topological polar surface area (TPSA) is 53.1 Å². The molecule has 0 bridgehead atoms. The quantitative estimate of drug-likeness (QED) is 0.900. The summed E-state index contributed by atoms with van der Waals surface area (Å²) in [7, 11) is 1.65. The lowest BCUT2D eigenvalue weighted by Crippen LogP contribution is -2.05. The number of ether oxygens (including phenoxy) is 1. The molecule has 0 spiro atoms. The van der Waals surface area contributed by atoms with Gasteiger partial charge in [-0.2, -0.15) is 0 Å². The number of rotatable bonds is 5. The zero-order valence-corrected chi connectivity index (χ0v) is 13.7. The first-order chi connectivity index (χ1) is 9.62. The van der Waals surface area contributed by atoms with Gasteiger partial charge in [0, 0.05) is 18.5 Å². The maximum atomic E-state index is 6.25. The van der Waals surface area contributed by atoms with Crippen molar-refractivity contribution in [1.82, 2.24) is 9.55 Å². The Morgan fingerprint density at radius 3 is 2.65 bits per heavy atom. The SMILES string of the molecule is CCCc1nc(-c2ccc(OC)c(Br)c2)c(N)n1CC. The third-order valence-corrected chi connectivity index (χ3v) is 3.92. The van der Waals surface area contributed by atoms with Gasteiger partial charge in [-0.05, 0) is 47.5 Å². The Labute approximate surface area is 128 Å². The van der Waals surface area contributed by atoms with Crippen molar-refractivity contribution in [3.63, 3.8) is 0 Å². The van der Waals surface area contributed by atoms with Crippen LogP contribution in [-0.4, -0.2) is 16.7 Å². The van der Waals surface area contributed by atoms with Crippen LogP contribution in [0.25, 0.3) is 11.3 Å². The minimum Gasteiger partial charge on any atom is -0.496 e. The average Bonchev–Trinajstić information content (AvgIpc) is 2.75. The van der Waals surface area contributed by atoms with Gasteiger partial charge in [-0.25, -0.2) is 4.98 Å². The zero-order chi connectivity index (χ0) is 14.7. The summed E-state index contributed by atoms with van der Waals surface area (Å²) in [6, 6.07) is 5.90. The standard InChI is InChI=1S/C15H20BrN3O/c1-4-6-13-18-14(15(17)19(13)5-2)10-7-8-12(20-3)11(16)9-10/h7-9H,4-6,17H2,1-3H3. The van der Waals surface area contributed by atoms with Crippen LogP contribution < -0.4 is 10.5 Å². The Kier molecular flexibility index (Phi) is 4.70. The first-order valence-electron chi connectivity index (χ1n) is 6.81. The summed E-state index contributed by atoms with van der Waals surface area (Å²) in [5.74, 6) is 2.58. The molecule has 1 heterocycles. The third-order valence-electron chi connectivity index (χ3n) is 3.30. The summed E-state index contributed by atoms with van der Waals surface area (Å²) < 4.78 is 8.23. The molecule has 0 fully saturated rings. The maximum absolute atomic E-state index is 6.25. The highest BCUT2D eigenvalue weighted by Gasteiger charge is 2.15. The van der Waals surface area contributed by atoms with E-state index in [-0.39, 0.29) is 0 Å². The van der Waals surface area contributed by atoms with Crippen LogP contribution >= 0.6 is 15.9 Å². The Morgan fingerprint density at radius 2 is 2.10 bits per heavy atom. The largest absolute Gasteiger partial charge is 0.496 e. The Bertz CT molecular complexity index is 607. The van der Waals surface area contributed by atoms with Crippen molar-refractivity contribution in [2.75, 3.05) is 12.8 Å². The third kappa shape index (κ3) is 2.68. The van der Waals surface area contributed by atoms with Crippen molar-refractivity contribution in [2.24, 2.45) is 0 Å². The summed E-state index contributed by atoms with van der Waals surface area (Å²) in [5, 5.41) is 0. The fourth-order valence-corrected chi connectivity index (χ4v) is 2.85. The molecule has 0 saturated heterocycles. The van der Waals surface area contributed by atoms with Gasteiger partial charge in [-0.3, -0.25) is 0 Å². The van der Waals surface area contributed by atoms with E-state index in [0.717, 1.165) is 52.5 Å². The van der Waals surface area contributed by atoms with Crippen LogP contribution in [0.15, 0.2) is 22.7 Å². The van der Waals surface area contributed by atoms with E-state index in [2.05, 4.69) is 34.3 Å². The number of hydrogen-bond acceptors (Lipinski definition) is 3. The number of imidazole rings is 1. The summed E-state index contributed by atoms with van der Waals surface area (Å²) in [6.07, 6.45) is 2.00. The van der Waals surface area contributed by atoms with Crippen LogP contribution in [0.5, 0.6) is 5.75 Å². The molecule has 2 N–H and O–H groups in total. The fourth-order valence-electron chi connectivity index (χ4n) is 2.31. The van der Waals surface area contributed by atoms with Crippen molar-refractivity contribution in [3.05, 3.63) is 28.5 Å². The van der Waals surface area contributed by atoms with E-state index in [1.165, 1.54) is 0 Å². The van der Waals surface area contributed by atoms with Gasteiger partial charge in [0.2, 0.25) is 0 Å². The highest BCUT2D eigenvalue weighted by molar-refractivity contribution is 9.10. The number of nitrogens with zero attached hydrogens (tertiary/aromatic N) is 2. The van der Waals surface area contributed by atoms with Crippen molar-refractivity contribution in [3.8, 4) is 17.0 Å². The Hall–Kier alpha value is -1.49. The lowest BCUT2D eigenvalue weighted by Gasteiger charge is -2.06. The monoisotopic (exact) mass is 337 g/mol. The predicted octanol–water partition coefficient (Wildman–Crippen LogP) is 3.88. The summed E-state index contributed by atoms with van der Waals surface area (Å²) in [6.45, 7) is 5.07. The van der Waals surface area contributed by atoms with E-state index in [1.807, 2.05) is 18.2 Å². The first kappa shape index (κ1) is 14.9. The molecule has 0 aliphatic heterocycles. The molecule has 0 aliphatic carbocycles. The highest BCUT2D eigenvalue weighted by Crippen LogP contribution is 2.33. The maximum Gasteiger partial charge on any atom is 0.133 e. The smallest absolute Gasteiger partial charge is 0.133 e. The van der Waals surface area contributed by atoms with Gasteiger partial charge in [0.1, 0.15) is 23.1 Å². The van der Waals surface area contributed by atoms with Gasteiger partial charge in [0.15, 0.2) is 0 Å². The van der Waals surface area contributed by atoms with Gasteiger partial charge < -0.3 is 15.0 Å². The molecule has 20 heavy (non-hydrogen) atoms. The van der Waals surface area contributed by atoms with Crippen LogP contribution in [0.1, 0.15) is 26.1 Å². The summed E-state index contributed by atoms with van der Waals surface area (Å²) >= 11 is 3.50. The molecule has 1 aromatic carbocycles. The van der Waals surface area contributed by atoms with E-state index in [9.17, 15) is 0 Å². The number of nitrogens with two attached hydrogens (primary N) is 1. The molecule has 1 aromatic heterocycles. The lowest BCUT2D eigenvalue weighted by atomic mass is 10.1. The minimum absolute atomic E-state index is 0.730. The second-order valence-corrected chi connectivity index (χ2v) is 5.46. The fraction of sp³-hybridized carbons (Fsp3) is 0.400. The van der Waals surface area contributed by atoms with Crippen molar-refractivity contribution < 1.29 is 4.74 Å². The van der Waals surface area contributed by atoms with Crippen LogP contribution in [-0.2, 0) is 13.0 Å². The van der Waals surface area contributed by atoms with Crippen molar-refractivity contribution in [2.45, 2.75) is 33.2 Å². The van der Waals surface area contributed by atoms with Gasteiger partial charge in [-0.1, -0.05) is 6.92 Å². The molecule has 0 atom stereocenters. The molecule has 108 valence electrons. The molecule has 0 unspecified atom stereocenters. The molecule has 5 heteroatoms. The molecule has 0 saturated carbocycles. The van der Waals surface area contributed by atoms with E-state index >= 15 is 0 Å². The normalized spacial score (nSPS) is 10.8. The van der Waals surface area contributed by atoms with Crippen LogP contribution in [0.3, 0.4) is 0 Å². The number of nitrogen functional groups attached to an aromatic ring is 1. The number of benzene rings is 1. The van der Waals surface area contributed by atoms with Gasteiger partial charge in [0.05, 0.1) is 11.6 Å². The molecular formula is C15H20BrN3O. The van der Waals surface area contributed by atoms with Crippen LogP contribution in [0.2, 0.25) is 0 Å². The lowest BCUT2D eigenvalue weighted by molar-refractivity contribution is 0.412. The number of methoxy groups -OCH3 is 1. The van der Waals surface area contributed by atoms with Crippen LogP contribution in [0.4, 0.5) is 5.82 Å². The molecule has 2 rings (SSSR count). The molecule has 0 amide bonds. The van der Waals surface area contributed by atoms with E-state index in [1.54, 1.807) is 7.11 Å². The van der Waals surface area contributed by atoms with E-state index in [4.69, 9.17) is 15.5 Å². The van der Waals surface area contributed by atoms with Crippen molar-refractivity contribution in [1.29, 1.82) is 0 Å². The Balaban J connectivity index is 2.49. The van der Waals surface area contributed by atoms with Gasteiger partial charge >= 0.3 is 0 Å². The number of hydrogen-bond donors (Lipinski definition) is 1. The number of aromatic nitrogens is 2. The second kappa shape index (κ2) is 6.31. The Morgan fingerprint density at radius 1 is 1.35 bits per heavy atom. The van der Waals surface area contributed by atoms with Crippen LogP contribution in [0, 0.1) is 0 Å². The average molecular weight is 338 g/mol. The molecule has 2 aromatic rings. The minimum atomic E-state index is 0.730. The van der Waals surface area contributed by atoms with Crippen molar-refractivity contribution >= 4 is 21.7 Å². The molecular weight excluding hydrogens is 318 g/mol. The number of aryl methyl sites for hydroxylation is 1. The summed E-state index contributed by atoms with van der Waals surface area (Å²) in [4.78, 5) is 4.71. The highest BCUT2D eigenvalue weighted by atomic mass is 79.9. The predicted molar refractivity (Wildman–Crippen MR) is 86.0 cm³/mol. The molecule has 4 nitrogen and oxygen atoms in total. The molecule has 0 radical (unpaired) electrons. The first-order valence-corrected chi connectivity index (χ1v) is 7.60. The number of anilines is 1. The van der Waals surface area contributed by atoms with Gasteiger partial charge in [0.25, 0.3) is 0 Å².